The number of rotatable bonds is 2. The van der Waals surface area contributed by atoms with Gasteiger partial charge in [-0.1, -0.05) is 25.1 Å². The smallest absolute Gasteiger partial charge is 0.304 e. The standard InChI is InChI=1S/C14H15NO2/c1-14(8-12(16)17)7-6-10-9-4-2-3-5-11(9)15-13(10)14/h2-5,15H,6-8H2,1H3,(H,16,17)/t14-/m1/s1. The first-order chi connectivity index (χ1) is 8.10. The van der Waals surface area contributed by atoms with Crippen LogP contribution in [-0.2, 0) is 16.6 Å². The summed E-state index contributed by atoms with van der Waals surface area (Å²) in [7, 11) is 0. The van der Waals surface area contributed by atoms with E-state index in [1.54, 1.807) is 0 Å². The molecule has 17 heavy (non-hydrogen) atoms. The monoisotopic (exact) mass is 229 g/mol. The van der Waals surface area contributed by atoms with Crippen LogP contribution in [0.15, 0.2) is 24.3 Å². The van der Waals surface area contributed by atoms with Gasteiger partial charge in [0.05, 0.1) is 6.42 Å². The van der Waals surface area contributed by atoms with Crippen molar-refractivity contribution in [3.05, 3.63) is 35.5 Å². The van der Waals surface area contributed by atoms with Crippen LogP contribution in [0.3, 0.4) is 0 Å². The molecule has 2 aromatic rings. The largest absolute Gasteiger partial charge is 0.481 e. The molecule has 0 unspecified atom stereocenters. The highest BCUT2D eigenvalue weighted by Crippen LogP contribution is 2.43. The van der Waals surface area contributed by atoms with Gasteiger partial charge in [-0.2, -0.15) is 0 Å². The number of carboxylic acid groups (broad SMARTS) is 1. The molecule has 1 atom stereocenters. The average molecular weight is 229 g/mol. The number of hydrogen-bond donors (Lipinski definition) is 2. The maximum absolute atomic E-state index is 11.0. The minimum Gasteiger partial charge on any atom is -0.481 e. The topological polar surface area (TPSA) is 53.1 Å². The van der Waals surface area contributed by atoms with E-state index < -0.39 is 5.97 Å². The van der Waals surface area contributed by atoms with E-state index in [-0.39, 0.29) is 11.8 Å². The van der Waals surface area contributed by atoms with E-state index in [2.05, 4.69) is 17.1 Å². The van der Waals surface area contributed by atoms with Gasteiger partial charge in [-0.3, -0.25) is 4.79 Å². The van der Waals surface area contributed by atoms with Crippen molar-refractivity contribution in [2.45, 2.75) is 31.6 Å². The lowest BCUT2D eigenvalue weighted by molar-refractivity contribution is -0.138. The van der Waals surface area contributed by atoms with Crippen molar-refractivity contribution in [3.63, 3.8) is 0 Å². The summed E-state index contributed by atoms with van der Waals surface area (Å²) in [6.45, 7) is 2.04. The fraction of sp³-hybridized carbons (Fsp3) is 0.357. The van der Waals surface area contributed by atoms with Gasteiger partial charge in [-0.25, -0.2) is 0 Å². The molecular formula is C14H15NO2. The van der Waals surface area contributed by atoms with Crippen molar-refractivity contribution >= 4 is 16.9 Å². The Kier molecular flexibility index (Phi) is 2.05. The maximum Gasteiger partial charge on any atom is 0.304 e. The zero-order valence-electron chi connectivity index (χ0n) is 9.79. The zero-order valence-corrected chi connectivity index (χ0v) is 9.79. The third-order valence-electron chi connectivity index (χ3n) is 3.89. The Morgan fingerprint density at radius 2 is 2.24 bits per heavy atom. The highest BCUT2D eigenvalue weighted by atomic mass is 16.4. The summed E-state index contributed by atoms with van der Waals surface area (Å²) in [6.07, 6.45) is 2.10. The number of aromatic amines is 1. The van der Waals surface area contributed by atoms with E-state index in [4.69, 9.17) is 5.11 Å². The number of aliphatic carboxylic acids is 1. The van der Waals surface area contributed by atoms with Crippen LogP contribution in [0.5, 0.6) is 0 Å². The van der Waals surface area contributed by atoms with Crippen LogP contribution >= 0.6 is 0 Å². The Morgan fingerprint density at radius 1 is 1.47 bits per heavy atom. The molecule has 0 aliphatic heterocycles. The molecule has 1 aliphatic carbocycles. The molecule has 0 bridgehead atoms. The normalized spacial score (nSPS) is 22.9. The molecule has 0 saturated heterocycles. The number of para-hydroxylation sites is 1. The van der Waals surface area contributed by atoms with E-state index in [0.29, 0.717) is 0 Å². The van der Waals surface area contributed by atoms with Gasteiger partial charge in [-0.05, 0) is 24.5 Å². The Labute approximate surface area is 99.5 Å². The number of benzene rings is 1. The highest BCUT2D eigenvalue weighted by molar-refractivity contribution is 5.86. The van der Waals surface area contributed by atoms with Crippen LogP contribution in [0.25, 0.3) is 10.9 Å². The first-order valence-electron chi connectivity index (χ1n) is 5.92. The van der Waals surface area contributed by atoms with Crippen LogP contribution in [0.2, 0.25) is 0 Å². The lowest BCUT2D eigenvalue weighted by Gasteiger charge is -2.21. The van der Waals surface area contributed by atoms with Gasteiger partial charge in [0.25, 0.3) is 0 Å². The molecule has 1 heterocycles. The van der Waals surface area contributed by atoms with Gasteiger partial charge in [-0.15, -0.1) is 0 Å². The summed E-state index contributed by atoms with van der Waals surface area (Å²) in [4.78, 5) is 14.4. The van der Waals surface area contributed by atoms with E-state index in [9.17, 15) is 4.79 Å². The fourth-order valence-corrected chi connectivity index (χ4v) is 3.01. The van der Waals surface area contributed by atoms with Gasteiger partial charge < -0.3 is 10.1 Å². The molecule has 88 valence electrons. The van der Waals surface area contributed by atoms with Crippen molar-refractivity contribution < 1.29 is 9.90 Å². The Balaban J connectivity index is 2.16. The summed E-state index contributed by atoms with van der Waals surface area (Å²) >= 11 is 0. The van der Waals surface area contributed by atoms with Crippen LogP contribution < -0.4 is 0 Å². The average Bonchev–Trinajstić information content (AvgIpc) is 2.77. The van der Waals surface area contributed by atoms with E-state index in [0.717, 1.165) is 24.1 Å². The summed E-state index contributed by atoms with van der Waals surface area (Å²) in [5.41, 5.74) is 3.32. The molecule has 3 heteroatoms. The predicted octanol–water partition coefficient (Wildman–Crippen LogP) is 2.85. The van der Waals surface area contributed by atoms with Crippen LogP contribution in [0.4, 0.5) is 0 Å². The number of hydrogen-bond acceptors (Lipinski definition) is 1. The van der Waals surface area contributed by atoms with Crippen LogP contribution in [0.1, 0.15) is 31.0 Å². The number of carboxylic acids is 1. The quantitative estimate of drug-likeness (QED) is 0.832. The number of carbonyl (C=O) groups is 1. The second-order valence-corrected chi connectivity index (χ2v) is 5.16. The number of nitrogens with one attached hydrogen (secondary N) is 1. The second kappa shape index (κ2) is 3.36. The summed E-state index contributed by atoms with van der Waals surface area (Å²) < 4.78 is 0. The second-order valence-electron chi connectivity index (χ2n) is 5.16. The summed E-state index contributed by atoms with van der Waals surface area (Å²) in [5, 5.41) is 10.3. The molecule has 2 N–H and O–H groups in total. The fourth-order valence-electron chi connectivity index (χ4n) is 3.01. The molecule has 0 radical (unpaired) electrons. The van der Waals surface area contributed by atoms with Gasteiger partial charge in [0.1, 0.15) is 0 Å². The van der Waals surface area contributed by atoms with E-state index in [1.807, 2.05) is 19.1 Å². The third-order valence-corrected chi connectivity index (χ3v) is 3.89. The third kappa shape index (κ3) is 1.46. The van der Waals surface area contributed by atoms with Crippen LogP contribution in [-0.4, -0.2) is 16.1 Å². The van der Waals surface area contributed by atoms with Gasteiger partial charge in [0.15, 0.2) is 0 Å². The lowest BCUT2D eigenvalue weighted by atomic mass is 9.84. The number of aryl methyl sites for hydroxylation is 1. The lowest BCUT2D eigenvalue weighted by Crippen LogP contribution is -2.23. The molecule has 0 fully saturated rings. The number of aromatic nitrogens is 1. The van der Waals surface area contributed by atoms with Crippen molar-refractivity contribution in [1.29, 1.82) is 0 Å². The van der Waals surface area contributed by atoms with E-state index >= 15 is 0 Å². The Morgan fingerprint density at radius 3 is 3.00 bits per heavy atom. The highest BCUT2D eigenvalue weighted by Gasteiger charge is 2.38. The van der Waals surface area contributed by atoms with Crippen molar-refractivity contribution in [3.8, 4) is 0 Å². The first kappa shape index (κ1) is 10.4. The molecule has 0 spiro atoms. The van der Waals surface area contributed by atoms with Crippen molar-refractivity contribution in [2.24, 2.45) is 0 Å². The molecule has 1 aliphatic rings. The molecule has 1 aromatic heterocycles. The molecular weight excluding hydrogens is 214 g/mol. The Hall–Kier alpha value is -1.77. The van der Waals surface area contributed by atoms with E-state index in [1.165, 1.54) is 10.9 Å². The van der Waals surface area contributed by atoms with Crippen molar-refractivity contribution in [1.82, 2.24) is 4.98 Å². The molecule has 3 nitrogen and oxygen atoms in total. The van der Waals surface area contributed by atoms with Gasteiger partial charge >= 0.3 is 5.97 Å². The molecule has 1 aromatic carbocycles. The van der Waals surface area contributed by atoms with Crippen molar-refractivity contribution in [2.75, 3.05) is 0 Å². The predicted molar refractivity (Wildman–Crippen MR) is 66.2 cm³/mol. The number of H-pyrrole nitrogens is 1. The maximum atomic E-state index is 11.0. The SMILES string of the molecule is C[C@]1(CC(=O)O)CCc2c1[nH]c1ccccc21. The first-order valence-corrected chi connectivity index (χ1v) is 5.92. The molecule has 0 saturated carbocycles. The van der Waals surface area contributed by atoms with Gasteiger partial charge in [0, 0.05) is 22.0 Å². The minimum absolute atomic E-state index is 0.201. The summed E-state index contributed by atoms with van der Waals surface area (Å²) in [5.74, 6) is -0.723. The minimum atomic E-state index is -0.723. The van der Waals surface area contributed by atoms with Crippen LogP contribution in [0, 0.1) is 0 Å². The zero-order chi connectivity index (χ0) is 12.0. The van der Waals surface area contributed by atoms with Gasteiger partial charge in [0.2, 0.25) is 0 Å². The number of fused-ring (bicyclic) bond motifs is 3. The molecule has 3 rings (SSSR count). The Bertz CT molecular complexity index is 599. The molecule has 0 amide bonds. The summed E-state index contributed by atoms with van der Waals surface area (Å²) in [6, 6.07) is 8.19.